The third-order valence-electron chi connectivity index (χ3n) is 1.73. The van der Waals surface area contributed by atoms with Crippen LogP contribution in [-0.4, -0.2) is 7.11 Å². The van der Waals surface area contributed by atoms with Crippen molar-refractivity contribution in [3.05, 3.63) is 29.3 Å². The summed E-state index contributed by atoms with van der Waals surface area (Å²) >= 11 is 0. The average Bonchev–Trinajstić information content (AvgIpc) is 2.02. The maximum atomic E-state index is 13.1. The number of methoxy groups -OCH3 is 1. The smallest absolute Gasteiger partial charge is 0.168 e. The van der Waals surface area contributed by atoms with Crippen molar-refractivity contribution in [1.82, 2.24) is 0 Å². The summed E-state index contributed by atoms with van der Waals surface area (Å²) in [5.74, 6) is -1.36. The van der Waals surface area contributed by atoms with Gasteiger partial charge in [-0.1, -0.05) is 0 Å². The fourth-order valence-electron chi connectivity index (χ4n) is 1.13. The van der Waals surface area contributed by atoms with Crippen LogP contribution in [0.4, 0.5) is 8.78 Å². The third-order valence-corrected chi connectivity index (χ3v) is 1.73. The van der Waals surface area contributed by atoms with Gasteiger partial charge in [-0.2, -0.15) is 0 Å². The van der Waals surface area contributed by atoms with Gasteiger partial charge in [-0.25, -0.2) is 8.78 Å². The highest BCUT2D eigenvalue weighted by Gasteiger charge is 2.14. The molecule has 0 aromatic heterocycles. The lowest BCUT2D eigenvalue weighted by Gasteiger charge is -2.12. The molecule has 1 atom stereocenters. The molecule has 0 saturated carbocycles. The minimum absolute atomic E-state index is 0.0106. The van der Waals surface area contributed by atoms with E-state index in [1.54, 1.807) is 6.92 Å². The first kappa shape index (κ1) is 9.92. The van der Waals surface area contributed by atoms with E-state index in [0.29, 0.717) is 5.56 Å². The molecule has 2 nitrogen and oxygen atoms in total. The molecule has 1 aromatic rings. The molecule has 0 aliphatic carbocycles. The standard InChI is InChI=1S/C9H11F2NO/c1-5(12)7-3-6(10)4-8(11)9(7)13-2/h3-5H,12H2,1-2H3/t5-/m0/s1. The lowest BCUT2D eigenvalue weighted by atomic mass is 10.1. The molecule has 0 heterocycles. The molecule has 4 heteroatoms. The van der Waals surface area contributed by atoms with E-state index in [-0.39, 0.29) is 5.75 Å². The van der Waals surface area contributed by atoms with Gasteiger partial charge in [0.1, 0.15) is 5.82 Å². The Labute approximate surface area is 75.3 Å². The summed E-state index contributed by atoms with van der Waals surface area (Å²) in [6.07, 6.45) is 0. The second kappa shape index (κ2) is 3.70. The fourth-order valence-corrected chi connectivity index (χ4v) is 1.13. The predicted octanol–water partition coefficient (Wildman–Crippen LogP) is 1.99. The molecule has 0 amide bonds. The third kappa shape index (κ3) is 1.95. The minimum atomic E-state index is -0.727. The fraction of sp³-hybridized carbons (Fsp3) is 0.333. The second-order valence-electron chi connectivity index (χ2n) is 2.80. The van der Waals surface area contributed by atoms with Gasteiger partial charge in [0.15, 0.2) is 11.6 Å². The molecule has 2 N–H and O–H groups in total. The first-order chi connectivity index (χ1) is 6.06. The van der Waals surface area contributed by atoms with E-state index in [2.05, 4.69) is 0 Å². The normalized spacial score (nSPS) is 12.7. The predicted molar refractivity (Wildman–Crippen MR) is 45.5 cm³/mol. The van der Waals surface area contributed by atoms with Gasteiger partial charge < -0.3 is 10.5 Å². The quantitative estimate of drug-likeness (QED) is 0.768. The van der Waals surface area contributed by atoms with E-state index < -0.39 is 17.7 Å². The maximum absolute atomic E-state index is 13.1. The Morgan fingerprint density at radius 3 is 2.46 bits per heavy atom. The Bertz CT molecular complexity index is 313. The Kier molecular flexibility index (Phi) is 2.83. The zero-order chi connectivity index (χ0) is 10.0. The average molecular weight is 187 g/mol. The lowest BCUT2D eigenvalue weighted by molar-refractivity contribution is 0.376. The topological polar surface area (TPSA) is 35.2 Å². The van der Waals surface area contributed by atoms with Crippen molar-refractivity contribution in [2.75, 3.05) is 7.11 Å². The van der Waals surface area contributed by atoms with E-state index in [1.165, 1.54) is 13.2 Å². The van der Waals surface area contributed by atoms with E-state index in [9.17, 15) is 8.78 Å². The van der Waals surface area contributed by atoms with Crippen molar-refractivity contribution in [1.29, 1.82) is 0 Å². The van der Waals surface area contributed by atoms with Crippen LogP contribution in [-0.2, 0) is 0 Å². The van der Waals surface area contributed by atoms with Crippen LogP contribution in [0.1, 0.15) is 18.5 Å². The van der Waals surface area contributed by atoms with Crippen LogP contribution in [0.25, 0.3) is 0 Å². The summed E-state index contributed by atoms with van der Waals surface area (Å²) < 4.78 is 30.6. The van der Waals surface area contributed by atoms with Crippen LogP contribution in [0.3, 0.4) is 0 Å². The van der Waals surface area contributed by atoms with E-state index in [0.717, 1.165) is 6.07 Å². The number of hydrogen-bond donors (Lipinski definition) is 1. The number of halogens is 2. The van der Waals surface area contributed by atoms with Crippen LogP contribution in [0.15, 0.2) is 12.1 Å². The van der Waals surface area contributed by atoms with Crippen LogP contribution in [0.2, 0.25) is 0 Å². The van der Waals surface area contributed by atoms with Gasteiger partial charge in [0, 0.05) is 17.7 Å². The van der Waals surface area contributed by atoms with Gasteiger partial charge in [0.05, 0.1) is 7.11 Å². The number of ether oxygens (including phenoxy) is 1. The van der Waals surface area contributed by atoms with E-state index >= 15 is 0 Å². The van der Waals surface area contributed by atoms with Crippen LogP contribution >= 0.6 is 0 Å². The number of nitrogens with two attached hydrogens (primary N) is 1. The zero-order valence-corrected chi connectivity index (χ0v) is 7.47. The van der Waals surface area contributed by atoms with Gasteiger partial charge >= 0.3 is 0 Å². The molecule has 0 radical (unpaired) electrons. The number of hydrogen-bond acceptors (Lipinski definition) is 2. The molecule has 0 spiro atoms. The SMILES string of the molecule is COc1c(F)cc(F)cc1[C@H](C)N. The van der Waals surface area contributed by atoms with Crippen molar-refractivity contribution < 1.29 is 13.5 Å². The Morgan fingerprint density at radius 1 is 1.38 bits per heavy atom. The number of rotatable bonds is 2. The molecular formula is C9H11F2NO. The molecule has 0 bridgehead atoms. The maximum Gasteiger partial charge on any atom is 0.168 e. The summed E-state index contributed by atoms with van der Waals surface area (Å²) in [7, 11) is 1.32. The molecule has 0 saturated heterocycles. The molecule has 13 heavy (non-hydrogen) atoms. The van der Waals surface area contributed by atoms with Crippen molar-refractivity contribution >= 4 is 0 Å². The van der Waals surface area contributed by atoms with Gasteiger partial charge in [0.25, 0.3) is 0 Å². The van der Waals surface area contributed by atoms with Crippen LogP contribution < -0.4 is 10.5 Å². The molecular weight excluding hydrogens is 176 g/mol. The monoisotopic (exact) mass is 187 g/mol. The molecule has 0 aliphatic heterocycles. The van der Waals surface area contributed by atoms with Crippen LogP contribution in [0, 0.1) is 11.6 Å². The first-order valence-corrected chi connectivity index (χ1v) is 3.84. The zero-order valence-electron chi connectivity index (χ0n) is 7.47. The van der Waals surface area contributed by atoms with Crippen LogP contribution in [0.5, 0.6) is 5.75 Å². The van der Waals surface area contributed by atoms with Crippen molar-refractivity contribution in [3.63, 3.8) is 0 Å². The molecule has 0 fully saturated rings. The van der Waals surface area contributed by atoms with Crippen molar-refractivity contribution in [3.8, 4) is 5.75 Å². The summed E-state index contributed by atoms with van der Waals surface area (Å²) in [5.41, 5.74) is 5.85. The van der Waals surface area contributed by atoms with Gasteiger partial charge in [0.2, 0.25) is 0 Å². The highest BCUT2D eigenvalue weighted by molar-refractivity contribution is 5.37. The van der Waals surface area contributed by atoms with E-state index in [1.807, 2.05) is 0 Å². The molecule has 0 aliphatic rings. The summed E-state index contributed by atoms with van der Waals surface area (Å²) in [5, 5.41) is 0. The highest BCUT2D eigenvalue weighted by Crippen LogP contribution is 2.27. The summed E-state index contributed by atoms with van der Waals surface area (Å²) in [6, 6.07) is 1.48. The summed E-state index contributed by atoms with van der Waals surface area (Å²) in [6.45, 7) is 1.64. The minimum Gasteiger partial charge on any atom is -0.493 e. The summed E-state index contributed by atoms with van der Waals surface area (Å²) in [4.78, 5) is 0. The molecule has 1 aromatic carbocycles. The van der Waals surface area contributed by atoms with Gasteiger partial charge in [-0.3, -0.25) is 0 Å². The molecule has 72 valence electrons. The number of benzene rings is 1. The van der Waals surface area contributed by atoms with Gasteiger partial charge in [-0.15, -0.1) is 0 Å². The Balaban J connectivity index is 3.29. The highest BCUT2D eigenvalue weighted by atomic mass is 19.1. The second-order valence-corrected chi connectivity index (χ2v) is 2.80. The Morgan fingerprint density at radius 2 is 2.00 bits per heavy atom. The van der Waals surface area contributed by atoms with Gasteiger partial charge in [-0.05, 0) is 13.0 Å². The Hall–Kier alpha value is -1.16. The van der Waals surface area contributed by atoms with E-state index in [4.69, 9.17) is 10.5 Å². The lowest BCUT2D eigenvalue weighted by Crippen LogP contribution is -2.08. The largest absolute Gasteiger partial charge is 0.493 e. The van der Waals surface area contributed by atoms with Crippen molar-refractivity contribution in [2.24, 2.45) is 5.73 Å². The van der Waals surface area contributed by atoms with Crippen molar-refractivity contribution in [2.45, 2.75) is 13.0 Å². The molecule has 1 rings (SSSR count). The first-order valence-electron chi connectivity index (χ1n) is 3.84. The molecule has 0 unspecified atom stereocenters.